The van der Waals surface area contributed by atoms with Crippen molar-refractivity contribution < 1.29 is 22.7 Å². The number of carbonyl (C=O) groups excluding carboxylic acids is 1. The molecular formula is C16H21Cl2NO5S. The molecule has 1 aromatic carbocycles. The highest BCUT2D eigenvalue weighted by Crippen LogP contribution is 2.36. The Labute approximate surface area is 158 Å². The molecule has 0 N–H and O–H groups in total. The third-order valence-electron chi connectivity index (χ3n) is 3.98. The summed E-state index contributed by atoms with van der Waals surface area (Å²) in [6.07, 6.45) is 0.834. The lowest BCUT2D eigenvalue weighted by atomic mass is 9.98. The van der Waals surface area contributed by atoms with E-state index in [2.05, 4.69) is 0 Å². The molecular weight excluding hydrogens is 389 g/mol. The second-order valence-corrected chi connectivity index (χ2v) is 8.30. The standard InChI is InChI=1S/C16H21Cl2NO5S/c1-3-23-14-9-13(18)15(10-12(14)17)25(21,22)19-7-5-11(6-8-19)16(20)24-4-2/h9-11H,3-8H2,1-2H3. The van der Waals surface area contributed by atoms with Crippen LogP contribution in [0.1, 0.15) is 26.7 Å². The zero-order valence-electron chi connectivity index (χ0n) is 14.1. The van der Waals surface area contributed by atoms with E-state index in [4.69, 9.17) is 32.7 Å². The van der Waals surface area contributed by atoms with Gasteiger partial charge in [-0.2, -0.15) is 4.31 Å². The lowest BCUT2D eigenvalue weighted by Crippen LogP contribution is -2.40. The zero-order chi connectivity index (χ0) is 18.6. The molecule has 0 radical (unpaired) electrons. The van der Waals surface area contributed by atoms with Crippen molar-refractivity contribution in [2.24, 2.45) is 5.92 Å². The molecule has 1 aromatic rings. The van der Waals surface area contributed by atoms with Crippen molar-refractivity contribution in [3.8, 4) is 5.75 Å². The number of carbonyl (C=O) groups is 1. The molecule has 1 fully saturated rings. The Morgan fingerprint density at radius 3 is 2.36 bits per heavy atom. The summed E-state index contributed by atoms with van der Waals surface area (Å²) in [6, 6.07) is 2.72. The van der Waals surface area contributed by atoms with Crippen molar-refractivity contribution in [1.82, 2.24) is 4.31 Å². The van der Waals surface area contributed by atoms with Gasteiger partial charge in [0.2, 0.25) is 10.0 Å². The SMILES string of the molecule is CCOC(=O)C1CCN(S(=O)(=O)c2cc(Cl)c(OCC)cc2Cl)CC1. The van der Waals surface area contributed by atoms with Crippen LogP contribution in [-0.2, 0) is 19.6 Å². The van der Waals surface area contributed by atoms with Gasteiger partial charge < -0.3 is 9.47 Å². The first-order chi connectivity index (χ1) is 11.8. The van der Waals surface area contributed by atoms with Gasteiger partial charge in [0.1, 0.15) is 10.6 Å². The summed E-state index contributed by atoms with van der Waals surface area (Å²) in [5.74, 6) is -0.207. The summed E-state index contributed by atoms with van der Waals surface area (Å²) in [7, 11) is -3.80. The van der Waals surface area contributed by atoms with Gasteiger partial charge in [0.15, 0.2) is 0 Å². The van der Waals surface area contributed by atoms with Gasteiger partial charge in [0, 0.05) is 19.2 Å². The van der Waals surface area contributed by atoms with Gasteiger partial charge in [0.05, 0.1) is 29.2 Å². The molecule has 0 aromatic heterocycles. The van der Waals surface area contributed by atoms with E-state index in [0.717, 1.165) is 0 Å². The average Bonchev–Trinajstić information content (AvgIpc) is 2.58. The maximum absolute atomic E-state index is 12.9. The van der Waals surface area contributed by atoms with Gasteiger partial charge in [0.25, 0.3) is 0 Å². The fourth-order valence-electron chi connectivity index (χ4n) is 2.71. The zero-order valence-corrected chi connectivity index (χ0v) is 16.5. The van der Waals surface area contributed by atoms with Crippen LogP contribution >= 0.6 is 23.2 Å². The third kappa shape index (κ3) is 4.58. The van der Waals surface area contributed by atoms with Crippen LogP contribution < -0.4 is 4.74 Å². The number of piperidine rings is 1. The molecule has 1 heterocycles. The smallest absolute Gasteiger partial charge is 0.309 e. The number of hydrogen-bond donors (Lipinski definition) is 0. The molecule has 0 atom stereocenters. The number of halogens is 2. The molecule has 9 heteroatoms. The lowest BCUT2D eigenvalue weighted by Gasteiger charge is -2.30. The van der Waals surface area contributed by atoms with Crippen LogP contribution in [0.5, 0.6) is 5.75 Å². The van der Waals surface area contributed by atoms with Gasteiger partial charge in [-0.25, -0.2) is 8.42 Å². The van der Waals surface area contributed by atoms with E-state index in [0.29, 0.717) is 31.8 Å². The number of esters is 1. The minimum atomic E-state index is -3.80. The monoisotopic (exact) mass is 409 g/mol. The van der Waals surface area contributed by atoms with Crippen LogP contribution in [0.3, 0.4) is 0 Å². The highest BCUT2D eigenvalue weighted by Gasteiger charge is 2.34. The Morgan fingerprint density at radius 1 is 1.16 bits per heavy atom. The fraction of sp³-hybridized carbons (Fsp3) is 0.562. The first-order valence-electron chi connectivity index (χ1n) is 8.09. The molecule has 0 amide bonds. The number of ether oxygens (including phenoxy) is 2. The van der Waals surface area contributed by atoms with Crippen molar-refractivity contribution in [2.45, 2.75) is 31.6 Å². The summed E-state index contributed by atoms with van der Waals surface area (Å²) >= 11 is 12.2. The van der Waals surface area contributed by atoms with E-state index >= 15 is 0 Å². The summed E-state index contributed by atoms with van der Waals surface area (Å²) in [5.41, 5.74) is 0. The summed E-state index contributed by atoms with van der Waals surface area (Å²) < 4.78 is 37.4. The van der Waals surface area contributed by atoms with Gasteiger partial charge in [-0.05, 0) is 32.8 Å². The molecule has 6 nitrogen and oxygen atoms in total. The maximum atomic E-state index is 12.9. The number of hydrogen-bond acceptors (Lipinski definition) is 5. The minimum absolute atomic E-state index is 0.0559. The van der Waals surface area contributed by atoms with Crippen molar-refractivity contribution in [3.05, 3.63) is 22.2 Å². The van der Waals surface area contributed by atoms with Crippen LogP contribution in [-0.4, -0.2) is 45.0 Å². The molecule has 0 unspecified atom stereocenters. The molecule has 0 aliphatic carbocycles. The second kappa shape index (κ2) is 8.58. The summed E-state index contributed by atoms with van der Waals surface area (Å²) in [4.78, 5) is 11.7. The number of benzene rings is 1. The Balaban J connectivity index is 2.17. The Bertz CT molecular complexity index is 730. The van der Waals surface area contributed by atoms with E-state index in [9.17, 15) is 13.2 Å². The first kappa shape index (κ1) is 20.3. The van der Waals surface area contributed by atoms with E-state index in [-0.39, 0.29) is 39.9 Å². The normalized spacial score (nSPS) is 16.6. The van der Waals surface area contributed by atoms with Gasteiger partial charge in [-0.1, -0.05) is 23.2 Å². The molecule has 140 valence electrons. The van der Waals surface area contributed by atoms with E-state index in [1.165, 1.54) is 16.4 Å². The molecule has 1 saturated heterocycles. The Kier molecular flexibility index (Phi) is 6.96. The van der Waals surface area contributed by atoms with Gasteiger partial charge >= 0.3 is 5.97 Å². The van der Waals surface area contributed by atoms with Gasteiger partial charge in [-0.3, -0.25) is 4.79 Å². The van der Waals surface area contributed by atoms with Crippen LogP contribution in [0.25, 0.3) is 0 Å². The largest absolute Gasteiger partial charge is 0.492 e. The highest BCUT2D eigenvalue weighted by molar-refractivity contribution is 7.89. The predicted octanol–water partition coefficient (Wildman–Crippen LogP) is 3.36. The van der Waals surface area contributed by atoms with Crippen molar-refractivity contribution in [1.29, 1.82) is 0 Å². The van der Waals surface area contributed by atoms with Crippen LogP contribution in [0.15, 0.2) is 17.0 Å². The molecule has 25 heavy (non-hydrogen) atoms. The fourth-order valence-corrected chi connectivity index (χ4v) is 4.98. The molecule has 0 bridgehead atoms. The lowest BCUT2D eigenvalue weighted by molar-refractivity contribution is -0.149. The average molecular weight is 410 g/mol. The molecule has 2 rings (SSSR count). The predicted molar refractivity (Wildman–Crippen MR) is 95.7 cm³/mol. The van der Waals surface area contributed by atoms with E-state index in [1.807, 2.05) is 0 Å². The maximum Gasteiger partial charge on any atom is 0.309 e. The van der Waals surface area contributed by atoms with E-state index < -0.39 is 10.0 Å². The quantitative estimate of drug-likeness (QED) is 0.673. The Morgan fingerprint density at radius 2 is 1.80 bits per heavy atom. The highest BCUT2D eigenvalue weighted by atomic mass is 35.5. The van der Waals surface area contributed by atoms with Gasteiger partial charge in [-0.15, -0.1) is 0 Å². The van der Waals surface area contributed by atoms with E-state index in [1.54, 1.807) is 13.8 Å². The topological polar surface area (TPSA) is 72.9 Å². The summed E-state index contributed by atoms with van der Waals surface area (Å²) in [5, 5.41) is 0.242. The van der Waals surface area contributed by atoms with Crippen molar-refractivity contribution >= 4 is 39.2 Å². The first-order valence-corrected chi connectivity index (χ1v) is 10.3. The van der Waals surface area contributed by atoms with Crippen molar-refractivity contribution in [2.75, 3.05) is 26.3 Å². The number of rotatable bonds is 6. The number of nitrogens with zero attached hydrogens (tertiary/aromatic N) is 1. The molecule has 1 aliphatic rings. The number of sulfonamides is 1. The summed E-state index contributed by atoms with van der Waals surface area (Å²) in [6.45, 7) is 4.71. The third-order valence-corrected chi connectivity index (χ3v) is 6.64. The minimum Gasteiger partial charge on any atom is -0.492 e. The second-order valence-electron chi connectivity index (χ2n) is 5.58. The molecule has 0 spiro atoms. The molecule has 0 saturated carbocycles. The van der Waals surface area contributed by atoms with Crippen molar-refractivity contribution in [3.63, 3.8) is 0 Å². The Hall–Kier alpha value is -1.02. The molecule has 1 aliphatic heterocycles. The van der Waals surface area contributed by atoms with Crippen LogP contribution in [0.4, 0.5) is 0 Å². The van der Waals surface area contributed by atoms with Crippen LogP contribution in [0.2, 0.25) is 10.0 Å². The van der Waals surface area contributed by atoms with Crippen LogP contribution in [0, 0.1) is 5.92 Å².